The molecule has 0 bridgehead atoms. The lowest BCUT2D eigenvalue weighted by atomic mass is 10.0. The molecule has 160 valence electrons. The molecule has 0 spiro atoms. The molecule has 6 heteroatoms. The number of carbonyl (C=O) groups excluding carboxylic acids is 2. The summed E-state index contributed by atoms with van der Waals surface area (Å²) in [5.41, 5.74) is 2.87. The smallest absolute Gasteiger partial charge is 0.341 e. The zero-order valence-corrected chi connectivity index (χ0v) is 18.6. The number of thiophene rings is 1. The van der Waals surface area contributed by atoms with Crippen LogP contribution in [0.3, 0.4) is 0 Å². The van der Waals surface area contributed by atoms with Crippen LogP contribution in [-0.4, -0.2) is 25.1 Å². The van der Waals surface area contributed by atoms with Gasteiger partial charge in [0.15, 0.2) is 0 Å². The van der Waals surface area contributed by atoms with Crippen molar-refractivity contribution in [2.45, 2.75) is 20.8 Å². The number of nitrogens with one attached hydrogen (secondary N) is 1. The first kappa shape index (κ1) is 22.3. The maximum atomic E-state index is 12.7. The fourth-order valence-electron chi connectivity index (χ4n) is 3.21. The molecular weight excluding hydrogens is 410 g/mol. The van der Waals surface area contributed by atoms with E-state index in [1.54, 1.807) is 13.0 Å². The highest BCUT2D eigenvalue weighted by Gasteiger charge is 2.25. The van der Waals surface area contributed by atoms with Gasteiger partial charge in [-0.15, -0.1) is 11.3 Å². The van der Waals surface area contributed by atoms with Gasteiger partial charge in [-0.2, -0.15) is 0 Å². The van der Waals surface area contributed by atoms with Crippen molar-refractivity contribution < 1.29 is 19.1 Å². The number of para-hydroxylation sites is 1. The minimum atomic E-state index is -0.452. The van der Waals surface area contributed by atoms with Crippen molar-refractivity contribution in [3.63, 3.8) is 0 Å². The van der Waals surface area contributed by atoms with Crippen molar-refractivity contribution in [3.05, 3.63) is 76.7 Å². The van der Waals surface area contributed by atoms with Crippen LogP contribution in [0.1, 0.15) is 34.6 Å². The van der Waals surface area contributed by atoms with Crippen molar-refractivity contribution >= 4 is 34.3 Å². The van der Waals surface area contributed by atoms with Gasteiger partial charge in [0.25, 0.3) is 0 Å². The summed E-state index contributed by atoms with van der Waals surface area (Å²) in [6, 6.07) is 17.1. The van der Waals surface area contributed by atoms with E-state index in [1.807, 2.05) is 68.4 Å². The summed E-state index contributed by atoms with van der Waals surface area (Å²) in [7, 11) is 0. The quantitative estimate of drug-likeness (QED) is 0.351. The molecule has 1 heterocycles. The highest BCUT2D eigenvalue weighted by molar-refractivity contribution is 7.17. The van der Waals surface area contributed by atoms with E-state index < -0.39 is 5.97 Å². The Bertz CT molecular complexity index is 1090. The van der Waals surface area contributed by atoms with E-state index in [-0.39, 0.29) is 12.5 Å². The number of aryl methyl sites for hydroxylation is 1. The number of hydrogen-bond donors (Lipinski definition) is 1. The minimum Gasteiger partial charge on any atom is -0.493 e. The summed E-state index contributed by atoms with van der Waals surface area (Å²) in [6.07, 6.45) is 3.13. The lowest BCUT2D eigenvalue weighted by Crippen LogP contribution is -2.12. The molecular formula is C25H25NO4S. The lowest BCUT2D eigenvalue weighted by Gasteiger charge is -2.08. The molecule has 0 atom stereocenters. The van der Waals surface area contributed by atoms with Crippen LogP contribution in [0.4, 0.5) is 5.00 Å². The van der Waals surface area contributed by atoms with E-state index >= 15 is 0 Å². The molecule has 0 fully saturated rings. The van der Waals surface area contributed by atoms with E-state index in [9.17, 15) is 9.59 Å². The van der Waals surface area contributed by atoms with Crippen LogP contribution in [0, 0.1) is 6.92 Å². The van der Waals surface area contributed by atoms with E-state index in [4.69, 9.17) is 9.47 Å². The van der Waals surface area contributed by atoms with Crippen LogP contribution in [0.15, 0.2) is 60.7 Å². The van der Waals surface area contributed by atoms with Gasteiger partial charge in [0.1, 0.15) is 16.3 Å². The molecule has 1 amide bonds. The predicted octanol–water partition coefficient (Wildman–Crippen LogP) is 5.95. The molecule has 0 unspecified atom stereocenters. The average molecular weight is 436 g/mol. The third-order valence-corrected chi connectivity index (χ3v) is 5.52. The number of rotatable bonds is 8. The second-order valence-electron chi connectivity index (χ2n) is 6.62. The number of hydrogen-bond acceptors (Lipinski definition) is 5. The fraction of sp³-hybridized carbons (Fsp3) is 0.200. The van der Waals surface area contributed by atoms with Gasteiger partial charge in [0.2, 0.25) is 5.91 Å². The van der Waals surface area contributed by atoms with Crippen LogP contribution in [0.5, 0.6) is 5.75 Å². The molecule has 3 aromatic rings. The molecule has 0 saturated carbocycles. The lowest BCUT2D eigenvalue weighted by molar-refractivity contribution is -0.111. The number of anilines is 1. The molecule has 5 nitrogen and oxygen atoms in total. The Labute approximate surface area is 186 Å². The number of esters is 1. The fourth-order valence-corrected chi connectivity index (χ4v) is 4.27. The van der Waals surface area contributed by atoms with Crippen molar-refractivity contribution in [1.82, 2.24) is 0 Å². The average Bonchev–Trinajstić information content (AvgIpc) is 3.09. The number of carbonyl (C=O) groups is 2. The predicted molar refractivity (Wildman–Crippen MR) is 126 cm³/mol. The summed E-state index contributed by atoms with van der Waals surface area (Å²) in [6.45, 7) is 6.39. The van der Waals surface area contributed by atoms with Crippen molar-refractivity contribution in [3.8, 4) is 16.9 Å². The monoisotopic (exact) mass is 435 g/mol. The largest absolute Gasteiger partial charge is 0.493 e. The maximum Gasteiger partial charge on any atom is 0.341 e. The van der Waals surface area contributed by atoms with Crippen molar-refractivity contribution in [2.75, 3.05) is 18.5 Å². The van der Waals surface area contributed by atoms with Gasteiger partial charge in [0, 0.05) is 22.1 Å². The van der Waals surface area contributed by atoms with Crippen LogP contribution in [-0.2, 0) is 9.53 Å². The van der Waals surface area contributed by atoms with E-state index in [0.29, 0.717) is 22.9 Å². The van der Waals surface area contributed by atoms with Crippen molar-refractivity contribution in [2.24, 2.45) is 0 Å². The molecule has 0 saturated heterocycles. The summed E-state index contributed by atoms with van der Waals surface area (Å²) in [5, 5.41) is 3.33. The second-order valence-corrected chi connectivity index (χ2v) is 7.84. The summed E-state index contributed by atoms with van der Waals surface area (Å²) >= 11 is 1.36. The summed E-state index contributed by atoms with van der Waals surface area (Å²) < 4.78 is 10.9. The second kappa shape index (κ2) is 10.6. The van der Waals surface area contributed by atoms with Gasteiger partial charge < -0.3 is 14.8 Å². The van der Waals surface area contributed by atoms with Gasteiger partial charge in [-0.1, -0.05) is 48.5 Å². The van der Waals surface area contributed by atoms with Crippen LogP contribution >= 0.6 is 11.3 Å². The van der Waals surface area contributed by atoms with Gasteiger partial charge >= 0.3 is 5.97 Å². The molecule has 31 heavy (non-hydrogen) atoms. The molecule has 0 aliphatic rings. The third kappa shape index (κ3) is 5.41. The summed E-state index contributed by atoms with van der Waals surface area (Å²) in [5.74, 6) is -0.0796. The first-order valence-corrected chi connectivity index (χ1v) is 10.9. The molecule has 0 aliphatic heterocycles. The molecule has 2 aromatic carbocycles. The number of amides is 1. The van der Waals surface area contributed by atoms with E-state index in [2.05, 4.69) is 5.32 Å². The van der Waals surface area contributed by atoms with Crippen LogP contribution in [0.25, 0.3) is 17.2 Å². The maximum absolute atomic E-state index is 12.7. The third-order valence-electron chi connectivity index (χ3n) is 4.50. The first-order chi connectivity index (χ1) is 15.0. The minimum absolute atomic E-state index is 0.253. The Hall–Kier alpha value is -3.38. The van der Waals surface area contributed by atoms with Gasteiger partial charge in [-0.05, 0) is 38.5 Å². The highest BCUT2D eigenvalue weighted by atomic mass is 32.1. The van der Waals surface area contributed by atoms with Gasteiger partial charge in [-0.3, -0.25) is 4.79 Å². The van der Waals surface area contributed by atoms with E-state index in [0.717, 1.165) is 21.6 Å². The Morgan fingerprint density at radius 3 is 2.42 bits per heavy atom. The van der Waals surface area contributed by atoms with Crippen molar-refractivity contribution in [1.29, 1.82) is 0 Å². The zero-order chi connectivity index (χ0) is 22.2. The molecule has 0 aliphatic carbocycles. The number of benzene rings is 2. The molecule has 3 rings (SSSR count). The Kier molecular flexibility index (Phi) is 7.62. The Morgan fingerprint density at radius 2 is 1.71 bits per heavy atom. The highest BCUT2D eigenvalue weighted by Crippen LogP contribution is 2.40. The zero-order valence-electron chi connectivity index (χ0n) is 17.8. The molecule has 1 N–H and O–H groups in total. The normalized spacial score (nSPS) is 10.8. The van der Waals surface area contributed by atoms with Crippen LogP contribution in [0.2, 0.25) is 0 Å². The molecule has 0 radical (unpaired) electrons. The SMILES string of the molecule is CCOC(=O)c1c(NC(=O)C=Cc2ccccc2OCC)sc(C)c1-c1ccccc1. The topological polar surface area (TPSA) is 64.6 Å². The number of ether oxygens (including phenoxy) is 2. The standard InChI is InChI=1S/C25H25NO4S/c1-4-29-20-14-10-9-11-18(20)15-16-21(27)26-24-23(25(28)30-5-2)22(17(3)31-24)19-12-7-6-8-13-19/h6-16H,4-5H2,1-3H3,(H,26,27). The van der Waals surface area contributed by atoms with Gasteiger partial charge in [0.05, 0.1) is 13.2 Å². The van der Waals surface area contributed by atoms with Crippen LogP contribution < -0.4 is 10.1 Å². The Balaban J connectivity index is 1.91. The Morgan fingerprint density at radius 1 is 1.00 bits per heavy atom. The first-order valence-electron chi connectivity index (χ1n) is 10.1. The van der Waals surface area contributed by atoms with E-state index in [1.165, 1.54) is 17.4 Å². The van der Waals surface area contributed by atoms with Gasteiger partial charge in [-0.25, -0.2) is 4.79 Å². The summed E-state index contributed by atoms with van der Waals surface area (Å²) in [4.78, 5) is 26.3. The molecule has 1 aromatic heterocycles.